The topological polar surface area (TPSA) is 47.4 Å². The molecule has 3 rings (SSSR count). The summed E-state index contributed by atoms with van der Waals surface area (Å²) in [6.07, 6.45) is 2.51. The van der Waals surface area contributed by atoms with Crippen LogP contribution in [0, 0.1) is 5.92 Å². The van der Waals surface area contributed by atoms with Crippen molar-refractivity contribution in [2.75, 3.05) is 19.7 Å². The van der Waals surface area contributed by atoms with Crippen molar-refractivity contribution < 1.29 is 9.53 Å². The first kappa shape index (κ1) is 10.6. The summed E-state index contributed by atoms with van der Waals surface area (Å²) in [5, 5.41) is 4.29. The molecule has 0 N–H and O–H groups in total. The SMILES string of the molecule is CCN(CC1CC1)C(=O)c1cc2n(n1)CCO2. The van der Waals surface area contributed by atoms with Crippen LogP contribution >= 0.6 is 0 Å². The first-order chi connectivity index (χ1) is 8.28. The minimum atomic E-state index is 0.0323. The van der Waals surface area contributed by atoms with Crippen molar-refractivity contribution in [3.05, 3.63) is 11.8 Å². The Hall–Kier alpha value is -1.52. The van der Waals surface area contributed by atoms with Gasteiger partial charge in [-0.05, 0) is 25.7 Å². The summed E-state index contributed by atoms with van der Waals surface area (Å²) in [6.45, 7) is 5.05. The predicted octanol–water partition coefficient (Wildman–Crippen LogP) is 1.15. The standard InChI is InChI=1S/C12H17N3O2/c1-2-14(8-9-3-4-9)12(16)10-7-11-15(13-10)5-6-17-11/h7,9H,2-6,8H2,1H3. The maximum atomic E-state index is 12.2. The molecule has 17 heavy (non-hydrogen) atoms. The van der Waals surface area contributed by atoms with Gasteiger partial charge < -0.3 is 9.64 Å². The summed E-state index contributed by atoms with van der Waals surface area (Å²) in [4.78, 5) is 14.1. The first-order valence-electron chi connectivity index (χ1n) is 6.28. The molecule has 1 amide bonds. The molecule has 5 heteroatoms. The van der Waals surface area contributed by atoms with Gasteiger partial charge in [-0.1, -0.05) is 0 Å². The maximum Gasteiger partial charge on any atom is 0.274 e. The van der Waals surface area contributed by atoms with E-state index in [1.54, 1.807) is 10.7 Å². The maximum absolute atomic E-state index is 12.2. The van der Waals surface area contributed by atoms with Crippen LogP contribution in [-0.4, -0.2) is 40.3 Å². The monoisotopic (exact) mass is 235 g/mol. The molecule has 1 aromatic heterocycles. The Balaban J connectivity index is 1.74. The number of nitrogens with zero attached hydrogens (tertiary/aromatic N) is 3. The smallest absolute Gasteiger partial charge is 0.274 e. The highest BCUT2D eigenvalue weighted by Crippen LogP contribution is 2.30. The van der Waals surface area contributed by atoms with Crippen LogP contribution in [0.15, 0.2) is 6.07 Å². The molecule has 2 heterocycles. The van der Waals surface area contributed by atoms with Crippen molar-refractivity contribution in [2.24, 2.45) is 5.92 Å². The van der Waals surface area contributed by atoms with E-state index in [1.165, 1.54) is 12.8 Å². The van der Waals surface area contributed by atoms with Crippen LogP contribution in [0.3, 0.4) is 0 Å². The average molecular weight is 235 g/mol. The lowest BCUT2D eigenvalue weighted by Crippen LogP contribution is -2.33. The zero-order valence-electron chi connectivity index (χ0n) is 10.1. The molecule has 0 spiro atoms. The molecule has 2 aliphatic rings. The van der Waals surface area contributed by atoms with Gasteiger partial charge in [0.2, 0.25) is 5.88 Å². The fourth-order valence-corrected chi connectivity index (χ4v) is 2.15. The van der Waals surface area contributed by atoms with E-state index in [9.17, 15) is 4.79 Å². The average Bonchev–Trinajstić information content (AvgIpc) is 2.87. The highest BCUT2D eigenvalue weighted by atomic mass is 16.5. The van der Waals surface area contributed by atoms with Crippen molar-refractivity contribution in [2.45, 2.75) is 26.3 Å². The number of aromatic nitrogens is 2. The van der Waals surface area contributed by atoms with Gasteiger partial charge in [-0.15, -0.1) is 0 Å². The van der Waals surface area contributed by atoms with Crippen LogP contribution in [-0.2, 0) is 6.54 Å². The van der Waals surface area contributed by atoms with Crippen molar-refractivity contribution in [3.63, 3.8) is 0 Å². The Morgan fingerprint density at radius 3 is 3.12 bits per heavy atom. The highest BCUT2D eigenvalue weighted by Gasteiger charge is 2.28. The van der Waals surface area contributed by atoms with Crippen LogP contribution in [0.5, 0.6) is 5.88 Å². The van der Waals surface area contributed by atoms with E-state index < -0.39 is 0 Å². The lowest BCUT2D eigenvalue weighted by atomic mass is 10.3. The summed E-state index contributed by atoms with van der Waals surface area (Å²) in [5.41, 5.74) is 0.516. The Morgan fingerprint density at radius 2 is 2.47 bits per heavy atom. The molecule has 1 aliphatic heterocycles. The Labute approximate surface area is 100 Å². The van der Waals surface area contributed by atoms with Crippen LogP contribution in [0.1, 0.15) is 30.3 Å². The van der Waals surface area contributed by atoms with E-state index in [0.29, 0.717) is 18.2 Å². The van der Waals surface area contributed by atoms with Crippen LogP contribution in [0.25, 0.3) is 0 Å². The van der Waals surface area contributed by atoms with Crippen molar-refractivity contribution >= 4 is 5.91 Å². The van der Waals surface area contributed by atoms with Crippen molar-refractivity contribution in [1.29, 1.82) is 0 Å². The molecular formula is C12H17N3O2. The largest absolute Gasteiger partial charge is 0.476 e. The van der Waals surface area contributed by atoms with Crippen LogP contribution < -0.4 is 4.74 Å². The van der Waals surface area contributed by atoms with Crippen LogP contribution in [0.4, 0.5) is 0 Å². The number of carbonyl (C=O) groups excluding carboxylic acids is 1. The Bertz CT molecular complexity index is 415. The van der Waals surface area contributed by atoms with Gasteiger partial charge >= 0.3 is 0 Å². The van der Waals surface area contributed by atoms with Crippen molar-refractivity contribution in [3.8, 4) is 5.88 Å². The fourth-order valence-electron chi connectivity index (χ4n) is 2.15. The molecule has 1 saturated carbocycles. The van der Waals surface area contributed by atoms with Crippen LogP contribution in [0.2, 0.25) is 0 Å². The number of hydrogen-bond donors (Lipinski definition) is 0. The Kier molecular flexibility index (Phi) is 2.53. The minimum Gasteiger partial charge on any atom is -0.476 e. The second kappa shape index (κ2) is 4.05. The molecule has 0 bridgehead atoms. The fraction of sp³-hybridized carbons (Fsp3) is 0.667. The molecule has 0 saturated heterocycles. The number of fused-ring (bicyclic) bond motifs is 1. The van der Waals surface area contributed by atoms with Gasteiger partial charge in [0.05, 0.1) is 6.54 Å². The molecule has 0 atom stereocenters. The van der Waals surface area contributed by atoms with Gasteiger partial charge in [-0.2, -0.15) is 5.10 Å². The normalized spacial score (nSPS) is 17.7. The molecule has 5 nitrogen and oxygen atoms in total. The summed E-state index contributed by atoms with van der Waals surface area (Å²) in [5.74, 6) is 1.46. The molecule has 0 aromatic carbocycles. The third kappa shape index (κ3) is 2.01. The molecule has 1 aromatic rings. The lowest BCUT2D eigenvalue weighted by molar-refractivity contribution is 0.0749. The molecule has 1 fully saturated rings. The Morgan fingerprint density at radius 1 is 1.65 bits per heavy atom. The summed E-state index contributed by atoms with van der Waals surface area (Å²) >= 11 is 0. The van der Waals surface area contributed by atoms with E-state index in [1.807, 2.05) is 11.8 Å². The molecule has 0 radical (unpaired) electrons. The second-order valence-corrected chi connectivity index (χ2v) is 4.73. The first-order valence-corrected chi connectivity index (χ1v) is 6.28. The summed E-state index contributed by atoms with van der Waals surface area (Å²) < 4.78 is 7.13. The molecule has 0 unspecified atom stereocenters. The summed E-state index contributed by atoms with van der Waals surface area (Å²) in [7, 11) is 0. The number of hydrogen-bond acceptors (Lipinski definition) is 3. The molecular weight excluding hydrogens is 218 g/mol. The van der Waals surface area contributed by atoms with E-state index >= 15 is 0 Å². The molecule has 92 valence electrons. The quantitative estimate of drug-likeness (QED) is 0.786. The van der Waals surface area contributed by atoms with E-state index in [4.69, 9.17) is 4.74 Å². The van der Waals surface area contributed by atoms with Gasteiger partial charge in [0.1, 0.15) is 6.61 Å². The van der Waals surface area contributed by atoms with E-state index in [0.717, 1.165) is 25.5 Å². The van der Waals surface area contributed by atoms with Gasteiger partial charge in [0.15, 0.2) is 5.69 Å². The third-order valence-electron chi connectivity index (χ3n) is 3.36. The van der Waals surface area contributed by atoms with E-state index in [2.05, 4.69) is 5.10 Å². The number of amides is 1. The molecule has 1 aliphatic carbocycles. The minimum absolute atomic E-state index is 0.0323. The number of carbonyl (C=O) groups is 1. The number of ether oxygens (including phenoxy) is 1. The van der Waals surface area contributed by atoms with Gasteiger partial charge in [-0.3, -0.25) is 4.79 Å². The second-order valence-electron chi connectivity index (χ2n) is 4.73. The van der Waals surface area contributed by atoms with Gasteiger partial charge in [0, 0.05) is 19.2 Å². The zero-order chi connectivity index (χ0) is 11.8. The zero-order valence-corrected chi connectivity index (χ0v) is 10.1. The van der Waals surface area contributed by atoms with Crippen molar-refractivity contribution in [1.82, 2.24) is 14.7 Å². The van der Waals surface area contributed by atoms with Gasteiger partial charge in [0.25, 0.3) is 5.91 Å². The third-order valence-corrected chi connectivity index (χ3v) is 3.36. The predicted molar refractivity (Wildman–Crippen MR) is 62.0 cm³/mol. The highest BCUT2D eigenvalue weighted by molar-refractivity contribution is 5.92. The number of rotatable bonds is 4. The van der Waals surface area contributed by atoms with E-state index in [-0.39, 0.29) is 5.91 Å². The lowest BCUT2D eigenvalue weighted by Gasteiger charge is -2.19. The summed E-state index contributed by atoms with van der Waals surface area (Å²) in [6, 6.07) is 1.75. The van der Waals surface area contributed by atoms with Gasteiger partial charge in [-0.25, -0.2) is 4.68 Å².